The van der Waals surface area contributed by atoms with E-state index in [0.29, 0.717) is 5.02 Å². The van der Waals surface area contributed by atoms with Crippen LogP contribution in [-0.4, -0.2) is 24.5 Å². The Labute approximate surface area is 127 Å². The second-order valence-corrected chi connectivity index (χ2v) is 5.18. The van der Waals surface area contributed by atoms with Gasteiger partial charge in [-0.25, -0.2) is 9.67 Å². The molecule has 2 aromatic heterocycles. The van der Waals surface area contributed by atoms with Crippen LogP contribution < -0.4 is 5.32 Å². The highest BCUT2D eigenvalue weighted by Gasteiger charge is 2.13. The van der Waals surface area contributed by atoms with Crippen molar-refractivity contribution in [3.63, 3.8) is 0 Å². The van der Waals surface area contributed by atoms with Crippen molar-refractivity contribution >= 4 is 17.3 Å². The minimum absolute atomic E-state index is 0.0817. The highest BCUT2D eigenvalue weighted by atomic mass is 35.5. The maximum Gasteiger partial charge on any atom is 0.138 e. The molecule has 0 saturated heterocycles. The molecule has 0 amide bonds. The zero-order valence-corrected chi connectivity index (χ0v) is 12.5. The van der Waals surface area contributed by atoms with Gasteiger partial charge < -0.3 is 5.32 Å². The summed E-state index contributed by atoms with van der Waals surface area (Å²) in [6.45, 7) is 2.07. The maximum absolute atomic E-state index is 6.11. The molecular formula is C14H15ClN6. The van der Waals surface area contributed by atoms with Gasteiger partial charge in [0.25, 0.3) is 0 Å². The summed E-state index contributed by atoms with van der Waals surface area (Å²) in [5.74, 6) is 0. The number of nitrogens with one attached hydrogen (secondary N) is 1. The Morgan fingerprint density at radius 3 is 2.76 bits per heavy atom. The third-order valence-corrected chi connectivity index (χ3v) is 3.53. The summed E-state index contributed by atoms with van der Waals surface area (Å²) in [5.41, 5.74) is 2.87. The second kappa shape index (κ2) is 5.57. The summed E-state index contributed by atoms with van der Waals surface area (Å²) in [5, 5.41) is 12.5. The van der Waals surface area contributed by atoms with Crippen LogP contribution in [-0.2, 0) is 7.05 Å². The third kappa shape index (κ3) is 2.75. The monoisotopic (exact) mass is 302 g/mol. The molecule has 6 nitrogen and oxygen atoms in total. The molecule has 0 spiro atoms. The number of anilines is 1. The Balaban J connectivity index is 1.95. The first-order valence-corrected chi connectivity index (χ1v) is 6.92. The molecule has 0 aliphatic carbocycles. The smallest absolute Gasteiger partial charge is 0.138 e. The highest BCUT2D eigenvalue weighted by Crippen LogP contribution is 2.27. The van der Waals surface area contributed by atoms with Crippen molar-refractivity contribution in [3.05, 3.63) is 53.8 Å². The maximum atomic E-state index is 6.11. The van der Waals surface area contributed by atoms with Crippen molar-refractivity contribution in [2.75, 3.05) is 5.32 Å². The molecule has 2 heterocycles. The van der Waals surface area contributed by atoms with Gasteiger partial charge >= 0.3 is 0 Å². The molecule has 1 aromatic carbocycles. The molecule has 7 heteroatoms. The molecule has 0 bridgehead atoms. The Hall–Kier alpha value is -2.34. The predicted octanol–water partition coefficient (Wildman–Crippen LogP) is 2.83. The number of benzene rings is 1. The predicted molar refractivity (Wildman–Crippen MR) is 81.6 cm³/mol. The van der Waals surface area contributed by atoms with E-state index < -0.39 is 0 Å². The number of halogens is 1. The van der Waals surface area contributed by atoms with E-state index in [-0.39, 0.29) is 6.04 Å². The number of nitrogens with zero attached hydrogens (tertiary/aromatic N) is 5. The summed E-state index contributed by atoms with van der Waals surface area (Å²) in [7, 11) is 1.92. The van der Waals surface area contributed by atoms with Gasteiger partial charge in [-0.2, -0.15) is 10.2 Å². The van der Waals surface area contributed by atoms with Gasteiger partial charge in [-0.15, -0.1) is 0 Å². The molecular weight excluding hydrogens is 288 g/mol. The van der Waals surface area contributed by atoms with Gasteiger partial charge in [-0.05, 0) is 31.2 Å². The van der Waals surface area contributed by atoms with Gasteiger partial charge in [-0.1, -0.05) is 11.6 Å². The Morgan fingerprint density at radius 2 is 2.10 bits per heavy atom. The Morgan fingerprint density at radius 1 is 1.24 bits per heavy atom. The quantitative estimate of drug-likeness (QED) is 0.805. The van der Waals surface area contributed by atoms with E-state index in [2.05, 4.69) is 27.4 Å². The van der Waals surface area contributed by atoms with Gasteiger partial charge in [0.05, 0.1) is 23.1 Å². The van der Waals surface area contributed by atoms with Crippen molar-refractivity contribution < 1.29 is 0 Å². The summed E-state index contributed by atoms with van der Waals surface area (Å²) < 4.78 is 3.55. The topological polar surface area (TPSA) is 60.6 Å². The highest BCUT2D eigenvalue weighted by molar-refractivity contribution is 6.31. The minimum Gasteiger partial charge on any atom is -0.375 e. The second-order valence-electron chi connectivity index (χ2n) is 4.75. The lowest BCUT2D eigenvalue weighted by atomic mass is 10.2. The molecule has 1 atom stereocenters. The van der Waals surface area contributed by atoms with Crippen LogP contribution in [0.4, 0.5) is 5.69 Å². The summed E-state index contributed by atoms with van der Waals surface area (Å²) in [6, 6.07) is 7.69. The van der Waals surface area contributed by atoms with Gasteiger partial charge in [0.15, 0.2) is 0 Å². The minimum atomic E-state index is 0.0817. The standard InChI is InChI=1S/C14H15ClN6/c1-10(13-5-6-17-20(13)2)19-12-7-11(15)3-4-14(12)21-9-16-8-18-21/h3-10,19H,1-2H3. The molecule has 0 radical (unpaired) electrons. The van der Waals surface area contributed by atoms with Crippen LogP contribution in [0, 0.1) is 0 Å². The number of aryl methyl sites for hydroxylation is 1. The lowest BCUT2D eigenvalue weighted by Crippen LogP contribution is -2.13. The van der Waals surface area contributed by atoms with E-state index >= 15 is 0 Å². The van der Waals surface area contributed by atoms with Crippen molar-refractivity contribution in [2.24, 2.45) is 7.05 Å². The third-order valence-electron chi connectivity index (χ3n) is 3.30. The van der Waals surface area contributed by atoms with Crippen LogP contribution in [0.15, 0.2) is 43.1 Å². The molecule has 3 rings (SSSR count). The van der Waals surface area contributed by atoms with Crippen molar-refractivity contribution in [1.82, 2.24) is 24.5 Å². The fraction of sp³-hybridized carbons (Fsp3) is 0.214. The first kappa shape index (κ1) is 13.6. The lowest BCUT2D eigenvalue weighted by molar-refractivity contribution is 0.675. The van der Waals surface area contributed by atoms with Crippen molar-refractivity contribution in [1.29, 1.82) is 0 Å². The number of rotatable bonds is 4. The Bertz CT molecular complexity index is 734. The molecule has 1 N–H and O–H groups in total. The fourth-order valence-electron chi connectivity index (χ4n) is 2.27. The zero-order valence-electron chi connectivity index (χ0n) is 11.7. The first-order chi connectivity index (χ1) is 10.1. The van der Waals surface area contributed by atoms with E-state index in [1.807, 2.05) is 36.0 Å². The molecule has 0 fully saturated rings. The fourth-order valence-corrected chi connectivity index (χ4v) is 2.44. The summed E-state index contributed by atoms with van der Waals surface area (Å²) in [4.78, 5) is 3.98. The largest absolute Gasteiger partial charge is 0.375 e. The van der Waals surface area contributed by atoms with E-state index in [9.17, 15) is 0 Å². The van der Waals surface area contributed by atoms with Crippen LogP contribution in [0.3, 0.4) is 0 Å². The molecule has 108 valence electrons. The van der Waals surface area contributed by atoms with E-state index in [0.717, 1.165) is 17.1 Å². The molecule has 1 unspecified atom stereocenters. The van der Waals surface area contributed by atoms with Gasteiger partial charge in [-0.3, -0.25) is 4.68 Å². The molecule has 0 aliphatic heterocycles. The number of aromatic nitrogens is 5. The van der Waals surface area contributed by atoms with E-state index in [4.69, 9.17) is 11.6 Å². The molecule has 21 heavy (non-hydrogen) atoms. The summed E-state index contributed by atoms with van der Waals surface area (Å²) in [6.07, 6.45) is 4.94. The van der Waals surface area contributed by atoms with Crippen molar-refractivity contribution in [2.45, 2.75) is 13.0 Å². The number of hydrogen-bond acceptors (Lipinski definition) is 4. The van der Waals surface area contributed by atoms with Crippen LogP contribution in [0.5, 0.6) is 0 Å². The average molecular weight is 303 g/mol. The van der Waals surface area contributed by atoms with Gasteiger partial charge in [0.2, 0.25) is 0 Å². The van der Waals surface area contributed by atoms with Crippen LogP contribution >= 0.6 is 11.6 Å². The molecule has 0 saturated carbocycles. The lowest BCUT2D eigenvalue weighted by Gasteiger charge is -2.18. The summed E-state index contributed by atoms with van der Waals surface area (Å²) >= 11 is 6.11. The van der Waals surface area contributed by atoms with Crippen molar-refractivity contribution in [3.8, 4) is 5.69 Å². The van der Waals surface area contributed by atoms with Crippen LogP contribution in [0.25, 0.3) is 5.69 Å². The van der Waals surface area contributed by atoms with Crippen LogP contribution in [0.2, 0.25) is 5.02 Å². The average Bonchev–Trinajstić information content (AvgIpc) is 3.10. The SMILES string of the molecule is CC(Nc1cc(Cl)ccc1-n1cncn1)c1ccnn1C. The Kier molecular flexibility index (Phi) is 3.62. The van der Waals surface area contributed by atoms with Gasteiger partial charge in [0, 0.05) is 18.3 Å². The first-order valence-electron chi connectivity index (χ1n) is 6.54. The zero-order chi connectivity index (χ0) is 14.8. The number of hydrogen-bond donors (Lipinski definition) is 1. The van der Waals surface area contributed by atoms with Crippen LogP contribution in [0.1, 0.15) is 18.7 Å². The normalized spacial score (nSPS) is 12.3. The van der Waals surface area contributed by atoms with E-state index in [1.165, 1.54) is 6.33 Å². The van der Waals surface area contributed by atoms with E-state index in [1.54, 1.807) is 17.2 Å². The molecule has 3 aromatic rings. The molecule has 0 aliphatic rings. The van der Waals surface area contributed by atoms with Gasteiger partial charge in [0.1, 0.15) is 12.7 Å².